The molecule has 0 saturated heterocycles. The predicted octanol–water partition coefficient (Wildman–Crippen LogP) is -0.212. The van der Waals surface area contributed by atoms with Gasteiger partial charge in [-0.05, 0) is 5.92 Å². The minimum absolute atomic E-state index is 0.0729. The molecule has 0 aliphatic carbocycles. The van der Waals surface area contributed by atoms with Crippen LogP contribution in [0.2, 0.25) is 0 Å². The first-order valence-electron chi connectivity index (χ1n) is 4.34. The van der Waals surface area contributed by atoms with Gasteiger partial charge in [0.2, 0.25) is 11.4 Å². The molecule has 16 heavy (non-hydrogen) atoms. The van der Waals surface area contributed by atoms with Gasteiger partial charge in [-0.3, -0.25) is 13.9 Å². The summed E-state index contributed by atoms with van der Waals surface area (Å²) in [6, 6.07) is 0. The topological polar surface area (TPSA) is 144 Å². The van der Waals surface area contributed by atoms with Crippen molar-refractivity contribution in [3.8, 4) is 0 Å². The highest BCUT2D eigenvalue weighted by Gasteiger charge is 2.44. The summed E-state index contributed by atoms with van der Waals surface area (Å²) in [6.07, 6.45) is -0.0729. The fourth-order valence-corrected chi connectivity index (χ4v) is 3.13. The van der Waals surface area contributed by atoms with Crippen LogP contribution in [0, 0.1) is 5.92 Å². The zero-order chi connectivity index (χ0) is 13.1. The normalized spacial score (nSPS) is 13.2. The third-order valence-corrected chi connectivity index (χ3v) is 4.86. The van der Waals surface area contributed by atoms with E-state index in [2.05, 4.69) is 0 Å². The van der Waals surface area contributed by atoms with Gasteiger partial charge in [-0.1, -0.05) is 13.8 Å². The van der Waals surface area contributed by atoms with E-state index in [9.17, 15) is 13.9 Å². The molecule has 0 aromatic carbocycles. The van der Waals surface area contributed by atoms with Gasteiger partial charge in [0, 0.05) is 6.42 Å². The highest BCUT2D eigenvalue weighted by atomic mass is 31.2. The van der Waals surface area contributed by atoms with Crippen molar-refractivity contribution in [2.75, 3.05) is 0 Å². The first kappa shape index (κ1) is 15.8. The van der Waals surface area contributed by atoms with E-state index in [4.69, 9.17) is 19.6 Å². The summed E-state index contributed by atoms with van der Waals surface area (Å²) < 4.78 is 21.6. The van der Waals surface area contributed by atoms with Gasteiger partial charge in [0.15, 0.2) is 0 Å². The van der Waals surface area contributed by atoms with Crippen LogP contribution >= 0.6 is 15.2 Å². The summed E-state index contributed by atoms with van der Waals surface area (Å²) in [6.45, 7) is 3.37. The predicted molar refractivity (Wildman–Crippen MR) is 55.5 cm³/mol. The van der Waals surface area contributed by atoms with Crippen LogP contribution in [0.25, 0.3) is 0 Å². The molecule has 0 aromatic heterocycles. The van der Waals surface area contributed by atoms with Crippen LogP contribution in [-0.4, -0.2) is 31.0 Å². The molecule has 5 N–H and O–H groups in total. The Bertz CT molecular complexity index is 321. The summed E-state index contributed by atoms with van der Waals surface area (Å²) in [7, 11) is -10.2. The highest BCUT2D eigenvalue weighted by Crippen LogP contribution is 2.58. The van der Waals surface area contributed by atoms with Crippen LogP contribution in [0.3, 0.4) is 0 Å². The number of rotatable bonds is 5. The van der Waals surface area contributed by atoms with Crippen molar-refractivity contribution < 1.29 is 33.5 Å². The summed E-state index contributed by atoms with van der Waals surface area (Å²) in [5, 5.41) is 1.66. The molecule has 0 spiro atoms. The molecule has 8 nitrogen and oxygen atoms in total. The molecule has 0 atom stereocenters. The number of nitrogens with one attached hydrogen (secondary N) is 1. The lowest BCUT2D eigenvalue weighted by atomic mass is 10.1. The van der Waals surface area contributed by atoms with E-state index in [0.717, 1.165) is 0 Å². The van der Waals surface area contributed by atoms with Crippen LogP contribution in [0.5, 0.6) is 0 Å². The minimum atomic E-state index is -5.09. The van der Waals surface area contributed by atoms with Crippen LogP contribution in [0.4, 0.5) is 0 Å². The Hall–Kier alpha value is -0.230. The lowest BCUT2D eigenvalue weighted by molar-refractivity contribution is -0.121. The minimum Gasteiger partial charge on any atom is -0.332 e. The molecule has 0 aliphatic heterocycles. The van der Waals surface area contributed by atoms with Crippen molar-refractivity contribution >= 4 is 21.1 Å². The molecule has 0 fully saturated rings. The average molecular weight is 275 g/mol. The maximum Gasteiger partial charge on any atom is 0.360 e. The monoisotopic (exact) mass is 275 g/mol. The third-order valence-electron chi connectivity index (χ3n) is 1.52. The van der Waals surface area contributed by atoms with Gasteiger partial charge in [0.25, 0.3) is 0 Å². The van der Waals surface area contributed by atoms with Crippen molar-refractivity contribution in [1.29, 1.82) is 0 Å². The maximum atomic E-state index is 11.2. The summed E-state index contributed by atoms with van der Waals surface area (Å²) in [4.78, 5) is 46.0. The molecule has 0 bridgehead atoms. The van der Waals surface area contributed by atoms with Gasteiger partial charge in [-0.2, -0.15) is 0 Å². The van der Waals surface area contributed by atoms with Crippen LogP contribution < -0.4 is 5.32 Å². The highest BCUT2D eigenvalue weighted by molar-refractivity contribution is 7.70. The van der Waals surface area contributed by atoms with Crippen molar-refractivity contribution in [3.05, 3.63) is 0 Å². The van der Waals surface area contributed by atoms with Crippen molar-refractivity contribution in [3.63, 3.8) is 0 Å². The Morgan fingerprint density at radius 3 is 1.75 bits per heavy atom. The van der Waals surface area contributed by atoms with Crippen molar-refractivity contribution in [2.24, 2.45) is 5.92 Å². The van der Waals surface area contributed by atoms with E-state index in [1.807, 2.05) is 0 Å². The molecule has 0 rings (SSSR count). The zero-order valence-electron chi connectivity index (χ0n) is 8.77. The Labute approximate surface area is 92.4 Å². The quantitative estimate of drug-likeness (QED) is 0.436. The second-order valence-corrected chi connectivity index (χ2v) is 7.51. The number of hydrogen-bond acceptors (Lipinski definition) is 3. The lowest BCUT2D eigenvalue weighted by Gasteiger charge is -2.21. The van der Waals surface area contributed by atoms with E-state index >= 15 is 0 Å². The molecule has 10 heteroatoms. The smallest absolute Gasteiger partial charge is 0.332 e. The fourth-order valence-electron chi connectivity index (χ4n) is 0.938. The van der Waals surface area contributed by atoms with Gasteiger partial charge >= 0.3 is 15.2 Å². The lowest BCUT2D eigenvalue weighted by Crippen LogP contribution is -2.35. The number of amides is 1. The Morgan fingerprint density at radius 2 is 1.50 bits per heavy atom. The van der Waals surface area contributed by atoms with Crippen LogP contribution in [0.15, 0.2) is 0 Å². The molecule has 0 unspecified atom stereocenters. The first-order valence-corrected chi connectivity index (χ1v) is 7.70. The van der Waals surface area contributed by atoms with E-state index in [0.29, 0.717) is 0 Å². The van der Waals surface area contributed by atoms with Crippen molar-refractivity contribution in [1.82, 2.24) is 5.32 Å². The molecular weight excluding hydrogens is 260 g/mol. The van der Waals surface area contributed by atoms with Crippen LogP contribution in [0.1, 0.15) is 20.3 Å². The van der Waals surface area contributed by atoms with E-state index in [1.54, 1.807) is 19.2 Å². The van der Waals surface area contributed by atoms with Crippen molar-refractivity contribution in [2.45, 2.75) is 25.8 Å². The SMILES string of the molecule is CC(C)CC(=O)NC(P(=O)(O)O)P(=O)(O)O. The van der Waals surface area contributed by atoms with Crippen LogP contribution in [-0.2, 0) is 13.9 Å². The number of carbonyl (C=O) groups excluding carboxylic acids is 1. The van der Waals surface area contributed by atoms with Gasteiger partial charge in [-0.15, -0.1) is 0 Å². The van der Waals surface area contributed by atoms with E-state index < -0.39 is 26.6 Å². The second kappa shape index (κ2) is 5.40. The molecule has 1 amide bonds. The molecule has 96 valence electrons. The largest absolute Gasteiger partial charge is 0.360 e. The molecule has 0 radical (unpaired) electrons. The average Bonchev–Trinajstić information content (AvgIpc) is 1.94. The Kier molecular flexibility index (Phi) is 5.32. The molecule has 0 aromatic rings. The molecule has 0 heterocycles. The van der Waals surface area contributed by atoms with Gasteiger partial charge < -0.3 is 24.9 Å². The maximum absolute atomic E-state index is 11.2. The standard InChI is InChI=1S/C6H15NO7P2/c1-4(2)3-5(8)7-6(15(9,10)11)16(12,13)14/h4,6H,3H2,1-2H3,(H,7,8)(H2,9,10,11)(H2,12,13,14). The summed E-state index contributed by atoms with van der Waals surface area (Å²) >= 11 is 0. The summed E-state index contributed by atoms with van der Waals surface area (Å²) in [5.41, 5.74) is -2.47. The number of carbonyl (C=O) groups is 1. The van der Waals surface area contributed by atoms with Gasteiger partial charge in [-0.25, -0.2) is 0 Å². The second-order valence-electron chi connectivity index (χ2n) is 3.72. The Balaban J connectivity index is 4.79. The van der Waals surface area contributed by atoms with E-state index in [-0.39, 0.29) is 12.3 Å². The van der Waals surface area contributed by atoms with Gasteiger partial charge in [0.05, 0.1) is 0 Å². The third kappa shape index (κ3) is 5.75. The first-order chi connectivity index (χ1) is 6.94. The van der Waals surface area contributed by atoms with E-state index in [1.165, 1.54) is 0 Å². The van der Waals surface area contributed by atoms with Gasteiger partial charge in [0.1, 0.15) is 0 Å². The fraction of sp³-hybridized carbons (Fsp3) is 0.833. The summed E-state index contributed by atoms with van der Waals surface area (Å²) in [5.74, 6) is -0.902. The molecule has 0 aliphatic rings. The molecule has 0 saturated carbocycles. The molecular formula is C6H15NO7P2. The number of hydrogen-bond donors (Lipinski definition) is 5. The Morgan fingerprint density at radius 1 is 1.12 bits per heavy atom. The zero-order valence-corrected chi connectivity index (χ0v) is 10.6.